The van der Waals surface area contributed by atoms with Gasteiger partial charge in [-0.15, -0.1) is 0 Å². The Kier molecular flexibility index (Phi) is 5.60. The van der Waals surface area contributed by atoms with Crippen molar-refractivity contribution in [3.05, 3.63) is 47.9 Å². The Morgan fingerprint density at radius 3 is 2.96 bits per heavy atom. The van der Waals surface area contributed by atoms with E-state index in [0.717, 1.165) is 36.4 Å². The third-order valence-corrected chi connectivity index (χ3v) is 4.40. The first-order valence-electron chi connectivity index (χ1n) is 8.49. The maximum atomic E-state index is 12.1. The normalized spacial score (nSPS) is 17.4. The van der Waals surface area contributed by atoms with E-state index in [1.165, 1.54) is 7.11 Å². The van der Waals surface area contributed by atoms with E-state index in [-0.39, 0.29) is 18.4 Å². The average Bonchev–Trinajstić information content (AvgIpc) is 2.64. The zero-order chi connectivity index (χ0) is 17.6. The largest absolute Gasteiger partial charge is 0.437 e. The van der Waals surface area contributed by atoms with E-state index in [9.17, 15) is 4.79 Å². The van der Waals surface area contributed by atoms with Gasteiger partial charge in [0.15, 0.2) is 0 Å². The van der Waals surface area contributed by atoms with E-state index >= 15 is 0 Å². The summed E-state index contributed by atoms with van der Waals surface area (Å²) in [4.78, 5) is 22.8. The molecule has 1 amide bonds. The Hall–Kier alpha value is -2.47. The molecular formula is C19H23N3O3. The van der Waals surface area contributed by atoms with Gasteiger partial charge in [0, 0.05) is 32.3 Å². The van der Waals surface area contributed by atoms with Crippen LogP contribution in [0.3, 0.4) is 0 Å². The summed E-state index contributed by atoms with van der Waals surface area (Å²) in [5.74, 6) is 1.44. The molecule has 132 valence electrons. The van der Waals surface area contributed by atoms with Gasteiger partial charge in [-0.25, -0.2) is 4.98 Å². The number of piperidine rings is 1. The second-order valence-corrected chi connectivity index (χ2v) is 6.26. The van der Waals surface area contributed by atoms with Crippen molar-refractivity contribution in [2.45, 2.75) is 25.7 Å². The first-order chi connectivity index (χ1) is 12.2. The van der Waals surface area contributed by atoms with Gasteiger partial charge in [-0.05, 0) is 31.4 Å². The maximum absolute atomic E-state index is 12.1. The minimum Gasteiger partial charge on any atom is -0.437 e. The molecule has 1 saturated heterocycles. The van der Waals surface area contributed by atoms with Crippen LogP contribution in [0.1, 0.15) is 30.0 Å². The molecule has 3 rings (SSSR count). The number of methoxy groups -OCH3 is 1. The lowest BCUT2D eigenvalue weighted by Crippen LogP contribution is -2.41. The molecule has 0 aliphatic carbocycles. The summed E-state index contributed by atoms with van der Waals surface area (Å²) < 4.78 is 10.8. The van der Waals surface area contributed by atoms with E-state index in [1.54, 1.807) is 12.4 Å². The Bertz CT molecular complexity index is 735. The third kappa shape index (κ3) is 4.33. The summed E-state index contributed by atoms with van der Waals surface area (Å²) in [6.45, 7) is 3.53. The number of likely N-dealkylation sites (tertiary alicyclic amines) is 1. The van der Waals surface area contributed by atoms with Gasteiger partial charge in [0.1, 0.15) is 12.4 Å². The number of carbonyl (C=O) groups is 1. The quantitative estimate of drug-likeness (QED) is 0.837. The summed E-state index contributed by atoms with van der Waals surface area (Å²) in [6, 6.07) is 7.81. The first-order valence-corrected chi connectivity index (χ1v) is 8.49. The topological polar surface area (TPSA) is 64.5 Å². The number of nitrogens with zero attached hydrogens (tertiary/aromatic N) is 3. The van der Waals surface area contributed by atoms with Crippen molar-refractivity contribution >= 4 is 5.91 Å². The molecule has 6 heteroatoms. The lowest BCUT2D eigenvalue weighted by molar-refractivity contribution is -0.136. The van der Waals surface area contributed by atoms with Crippen LogP contribution in [0, 0.1) is 6.92 Å². The van der Waals surface area contributed by atoms with E-state index < -0.39 is 0 Å². The number of para-hydroxylation sites is 1. The molecular weight excluding hydrogens is 318 g/mol. The van der Waals surface area contributed by atoms with Gasteiger partial charge in [-0.1, -0.05) is 18.2 Å². The number of hydrogen-bond donors (Lipinski definition) is 0. The van der Waals surface area contributed by atoms with Gasteiger partial charge in [0.25, 0.3) is 0 Å². The zero-order valence-electron chi connectivity index (χ0n) is 14.6. The number of amides is 1. The first kappa shape index (κ1) is 17.4. The number of aryl methyl sites for hydroxylation is 1. The molecule has 2 aromatic rings. The van der Waals surface area contributed by atoms with Crippen LogP contribution in [0.2, 0.25) is 0 Å². The molecule has 1 aliphatic rings. The van der Waals surface area contributed by atoms with Crippen molar-refractivity contribution in [3.8, 4) is 11.6 Å². The van der Waals surface area contributed by atoms with E-state index in [4.69, 9.17) is 9.47 Å². The molecule has 0 spiro atoms. The molecule has 1 aromatic heterocycles. The summed E-state index contributed by atoms with van der Waals surface area (Å²) >= 11 is 0. The monoisotopic (exact) mass is 341 g/mol. The third-order valence-electron chi connectivity index (χ3n) is 4.40. The van der Waals surface area contributed by atoms with E-state index in [2.05, 4.69) is 9.97 Å². The number of benzene rings is 1. The molecule has 6 nitrogen and oxygen atoms in total. The van der Waals surface area contributed by atoms with Crippen molar-refractivity contribution in [1.29, 1.82) is 0 Å². The van der Waals surface area contributed by atoms with Crippen LogP contribution in [0.25, 0.3) is 0 Å². The Morgan fingerprint density at radius 1 is 1.32 bits per heavy atom. The second-order valence-electron chi connectivity index (χ2n) is 6.26. The van der Waals surface area contributed by atoms with Gasteiger partial charge in [-0.2, -0.15) is 0 Å². The van der Waals surface area contributed by atoms with Crippen LogP contribution in [0.15, 0.2) is 36.7 Å². The molecule has 2 heterocycles. The van der Waals surface area contributed by atoms with Crippen LogP contribution < -0.4 is 4.74 Å². The average molecular weight is 341 g/mol. The highest BCUT2D eigenvalue weighted by Crippen LogP contribution is 2.28. The van der Waals surface area contributed by atoms with Gasteiger partial charge in [0.05, 0.1) is 11.9 Å². The Morgan fingerprint density at radius 2 is 2.16 bits per heavy atom. The maximum Gasteiger partial charge on any atom is 0.248 e. The minimum absolute atomic E-state index is 0.0208. The fraction of sp³-hybridized carbons (Fsp3) is 0.421. The van der Waals surface area contributed by atoms with Gasteiger partial charge >= 0.3 is 0 Å². The fourth-order valence-corrected chi connectivity index (χ4v) is 3.05. The minimum atomic E-state index is 0.0208. The highest BCUT2D eigenvalue weighted by Gasteiger charge is 2.26. The lowest BCUT2D eigenvalue weighted by Gasteiger charge is -2.32. The molecule has 1 aliphatic heterocycles. The molecule has 1 fully saturated rings. The number of carbonyl (C=O) groups excluding carboxylic acids is 1. The van der Waals surface area contributed by atoms with Gasteiger partial charge < -0.3 is 14.4 Å². The standard InChI is InChI=1S/C19H23N3O3/c1-14-6-3-4-8-17(14)25-18-11-20-10-16(21-18)15-7-5-9-22(12-15)19(23)13-24-2/h3-4,6,8,10-11,15H,5,7,9,12-13H2,1-2H3/t15-/m0/s1. The van der Waals surface area contributed by atoms with Crippen LogP contribution in [-0.2, 0) is 9.53 Å². The Labute approximate surface area is 147 Å². The molecule has 0 unspecified atom stereocenters. The van der Waals surface area contributed by atoms with Crippen molar-refractivity contribution in [2.24, 2.45) is 0 Å². The summed E-state index contributed by atoms with van der Waals surface area (Å²) in [5, 5.41) is 0. The predicted molar refractivity (Wildman–Crippen MR) is 93.7 cm³/mol. The molecule has 0 saturated carbocycles. The number of hydrogen-bond acceptors (Lipinski definition) is 5. The van der Waals surface area contributed by atoms with Crippen molar-refractivity contribution < 1.29 is 14.3 Å². The van der Waals surface area contributed by atoms with E-state index in [0.29, 0.717) is 12.4 Å². The number of aromatic nitrogens is 2. The predicted octanol–water partition coefficient (Wildman–Crippen LogP) is 2.93. The zero-order valence-corrected chi connectivity index (χ0v) is 14.6. The Balaban J connectivity index is 1.72. The lowest BCUT2D eigenvalue weighted by atomic mass is 9.95. The molecule has 0 bridgehead atoms. The number of rotatable bonds is 5. The summed E-state index contributed by atoms with van der Waals surface area (Å²) in [7, 11) is 1.54. The van der Waals surface area contributed by atoms with Crippen LogP contribution >= 0.6 is 0 Å². The van der Waals surface area contributed by atoms with Crippen LogP contribution in [0.4, 0.5) is 0 Å². The fourth-order valence-electron chi connectivity index (χ4n) is 3.05. The van der Waals surface area contributed by atoms with Crippen molar-refractivity contribution in [1.82, 2.24) is 14.9 Å². The molecule has 1 aromatic carbocycles. The summed E-state index contributed by atoms with van der Waals surface area (Å²) in [6.07, 6.45) is 5.32. The molecule has 0 N–H and O–H groups in total. The smallest absolute Gasteiger partial charge is 0.248 e. The number of ether oxygens (including phenoxy) is 2. The molecule has 0 radical (unpaired) electrons. The summed E-state index contributed by atoms with van der Waals surface area (Å²) in [5.41, 5.74) is 1.91. The van der Waals surface area contributed by atoms with Crippen LogP contribution in [0.5, 0.6) is 11.6 Å². The van der Waals surface area contributed by atoms with E-state index in [1.807, 2.05) is 36.1 Å². The molecule has 25 heavy (non-hydrogen) atoms. The van der Waals surface area contributed by atoms with Crippen LogP contribution in [-0.4, -0.2) is 47.6 Å². The van der Waals surface area contributed by atoms with Gasteiger partial charge in [-0.3, -0.25) is 9.78 Å². The van der Waals surface area contributed by atoms with Crippen molar-refractivity contribution in [3.63, 3.8) is 0 Å². The highest BCUT2D eigenvalue weighted by atomic mass is 16.5. The second kappa shape index (κ2) is 8.07. The van der Waals surface area contributed by atoms with Crippen molar-refractivity contribution in [2.75, 3.05) is 26.8 Å². The molecule has 1 atom stereocenters. The highest BCUT2D eigenvalue weighted by molar-refractivity contribution is 5.77. The van der Waals surface area contributed by atoms with Gasteiger partial charge in [0.2, 0.25) is 11.8 Å². The SMILES string of the molecule is COCC(=O)N1CCC[C@H](c2cncc(Oc3ccccc3C)n2)C1.